The summed E-state index contributed by atoms with van der Waals surface area (Å²) < 4.78 is 0. The molecule has 0 unspecified atom stereocenters. The van der Waals surface area contributed by atoms with E-state index in [0.29, 0.717) is 5.92 Å². The SMILES string of the molecule is CN.Cc1cc(N2CCCC2)nc(C(C)C)n1. The summed E-state index contributed by atoms with van der Waals surface area (Å²) in [7, 11) is 1.50. The number of nitrogens with zero attached hydrogens (tertiary/aromatic N) is 3. The van der Waals surface area contributed by atoms with Crippen LogP contribution in [-0.4, -0.2) is 30.1 Å². The van der Waals surface area contributed by atoms with Gasteiger partial charge >= 0.3 is 0 Å². The summed E-state index contributed by atoms with van der Waals surface area (Å²) in [6.45, 7) is 8.63. The first-order valence-corrected chi connectivity index (χ1v) is 6.35. The minimum Gasteiger partial charge on any atom is -0.357 e. The van der Waals surface area contributed by atoms with Crippen molar-refractivity contribution in [2.45, 2.75) is 39.5 Å². The number of anilines is 1. The summed E-state index contributed by atoms with van der Waals surface area (Å²) in [4.78, 5) is 11.5. The minimum absolute atomic E-state index is 0.409. The van der Waals surface area contributed by atoms with Crippen molar-refractivity contribution in [3.8, 4) is 0 Å². The second-order valence-electron chi connectivity index (χ2n) is 4.57. The van der Waals surface area contributed by atoms with E-state index in [-0.39, 0.29) is 0 Å². The van der Waals surface area contributed by atoms with Gasteiger partial charge in [-0.2, -0.15) is 0 Å². The van der Waals surface area contributed by atoms with Crippen molar-refractivity contribution in [2.75, 3.05) is 25.0 Å². The highest BCUT2D eigenvalue weighted by molar-refractivity contribution is 5.40. The number of nitrogens with two attached hydrogens (primary N) is 1. The molecule has 4 heteroatoms. The van der Waals surface area contributed by atoms with Gasteiger partial charge in [-0.1, -0.05) is 13.8 Å². The lowest BCUT2D eigenvalue weighted by Crippen LogP contribution is -2.20. The van der Waals surface area contributed by atoms with Crippen LogP contribution in [0, 0.1) is 6.92 Å². The van der Waals surface area contributed by atoms with E-state index in [1.807, 2.05) is 6.92 Å². The van der Waals surface area contributed by atoms with Crippen LogP contribution in [0.2, 0.25) is 0 Å². The average Bonchev–Trinajstić information content (AvgIpc) is 2.84. The van der Waals surface area contributed by atoms with Gasteiger partial charge in [-0.05, 0) is 26.8 Å². The predicted molar refractivity (Wildman–Crippen MR) is 72.4 cm³/mol. The average molecular weight is 236 g/mol. The van der Waals surface area contributed by atoms with E-state index < -0.39 is 0 Å². The first kappa shape index (κ1) is 13.9. The molecule has 0 aromatic carbocycles. The molecule has 1 aliphatic heterocycles. The highest BCUT2D eigenvalue weighted by Gasteiger charge is 2.15. The first-order chi connectivity index (χ1) is 8.16. The molecule has 17 heavy (non-hydrogen) atoms. The molecule has 0 spiro atoms. The molecule has 0 aliphatic carbocycles. The van der Waals surface area contributed by atoms with Crippen LogP contribution in [0.3, 0.4) is 0 Å². The molecule has 2 rings (SSSR count). The normalized spacial score (nSPS) is 14.8. The van der Waals surface area contributed by atoms with Crippen molar-refractivity contribution in [1.82, 2.24) is 9.97 Å². The third kappa shape index (κ3) is 3.66. The van der Waals surface area contributed by atoms with Crippen LogP contribution in [0.1, 0.15) is 44.1 Å². The molecule has 4 nitrogen and oxygen atoms in total. The van der Waals surface area contributed by atoms with Gasteiger partial charge in [0.05, 0.1) is 0 Å². The maximum absolute atomic E-state index is 4.63. The molecule has 0 radical (unpaired) electrons. The Bertz CT molecular complexity index is 343. The number of aryl methyl sites for hydroxylation is 1. The number of aromatic nitrogens is 2. The van der Waals surface area contributed by atoms with E-state index in [0.717, 1.165) is 30.4 Å². The Kier molecular flexibility index (Phi) is 5.35. The molecule has 0 atom stereocenters. The van der Waals surface area contributed by atoms with Gasteiger partial charge < -0.3 is 10.6 Å². The molecule has 1 aromatic heterocycles. The third-order valence-electron chi connectivity index (χ3n) is 2.80. The smallest absolute Gasteiger partial charge is 0.133 e. The van der Waals surface area contributed by atoms with Crippen molar-refractivity contribution in [1.29, 1.82) is 0 Å². The summed E-state index contributed by atoms with van der Waals surface area (Å²) in [6.07, 6.45) is 2.58. The van der Waals surface area contributed by atoms with Gasteiger partial charge in [0, 0.05) is 30.8 Å². The molecule has 2 N–H and O–H groups in total. The molecule has 2 heterocycles. The topological polar surface area (TPSA) is 55.0 Å². The van der Waals surface area contributed by atoms with Gasteiger partial charge in [0.15, 0.2) is 0 Å². The second-order valence-corrected chi connectivity index (χ2v) is 4.57. The van der Waals surface area contributed by atoms with Crippen molar-refractivity contribution >= 4 is 5.82 Å². The van der Waals surface area contributed by atoms with E-state index in [9.17, 15) is 0 Å². The maximum Gasteiger partial charge on any atom is 0.133 e. The highest BCUT2D eigenvalue weighted by Crippen LogP contribution is 2.20. The Hall–Kier alpha value is -1.16. The van der Waals surface area contributed by atoms with Crippen LogP contribution in [-0.2, 0) is 0 Å². The van der Waals surface area contributed by atoms with Gasteiger partial charge in [-0.15, -0.1) is 0 Å². The zero-order valence-electron chi connectivity index (χ0n) is 11.4. The van der Waals surface area contributed by atoms with Gasteiger partial charge in [0.2, 0.25) is 0 Å². The van der Waals surface area contributed by atoms with E-state index in [2.05, 4.69) is 40.5 Å². The van der Waals surface area contributed by atoms with Gasteiger partial charge in [0.1, 0.15) is 11.6 Å². The molecule has 0 saturated carbocycles. The molecular weight excluding hydrogens is 212 g/mol. The van der Waals surface area contributed by atoms with Crippen LogP contribution in [0.5, 0.6) is 0 Å². The maximum atomic E-state index is 4.63. The first-order valence-electron chi connectivity index (χ1n) is 6.35. The standard InChI is InChI=1S/C12H19N3.CH5N/c1-9(2)12-13-10(3)8-11(14-12)15-6-4-5-7-15;1-2/h8-9H,4-7H2,1-3H3;2H2,1H3. The third-order valence-corrected chi connectivity index (χ3v) is 2.80. The Morgan fingerprint density at radius 3 is 2.29 bits per heavy atom. The molecule has 0 bridgehead atoms. The molecule has 96 valence electrons. The Morgan fingerprint density at radius 1 is 1.18 bits per heavy atom. The van der Waals surface area contributed by atoms with Crippen LogP contribution >= 0.6 is 0 Å². The van der Waals surface area contributed by atoms with E-state index >= 15 is 0 Å². The lowest BCUT2D eigenvalue weighted by atomic mass is 10.2. The number of rotatable bonds is 2. The number of hydrogen-bond donors (Lipinski definition) is 1. The van der Waals surface area contributed by atoms with Crippen molar-refractivity contribution in [3.63, 3.8) is 0 Å². The van der Waals surface area contributed by atoms with E-state index in [1.54, 1.807) is 0 Å². The molecular formula is C13H24N4. The monoisotopic (exact) mass is 236 g/mol. The van der Waals surface area contributed by atoms with E-state index in [1.165, 1.54) is 19.9 Å². The molecule has 1 aromatic rings. The predicted octanol–water partition coefficient (Wildman–Crippen LogP) is 2.08. The van der Waals surface area contributed by atoms with E-state index in [4.69, 9.17) is 0 Å². The Morgan fingerprint density at radius 2 is 1.76 bits per heavy atom. The summed E-state index contributed by atoms with van der Waals surface area (Å²) in [5.41, 5.74) is 5.58. The van der Waals surface area contributed by atoms with Crippen molar-refractivity contribution in [3.05, 3.63) is 17.6 Å². The van der Waals surface area contributed by atoms with Crippen LogP contribution in [0.15, 0.2) is 6.07 Å². The lowest BCUT2D eigenvalue weighted by Gasteiger charge is -2.18. The van der Waals surface area contributed by atoms with Gasteiger partial charge in [-0.3, -0.25) is 0 Å². The second kappa shape index (κ2) is 6.55. The largest absolute Gasteiger partial charge is 0.357 e. The zero-order valence-corrected chi connectivity index (χ0v) is 11.4. The van der Waals surface area contributed by atoms with Crippen molar-refractivity contribution < 1.29 is 0 Å². The summed E-state index contributed by atoms with van der Waals surface area (Å²) in [5, 5.41) is 0. The number of hydrogen-bond acceptors (Lipinski definition) is 4. The quantitative estimate of drug-likeness (QED) is 0.854. The zero-order chi connectivity index (χ0) is 12.8. The Labute approximate surface area is 104 Å². The summed E-state index contributed by atoms with van der Waals surface area (Å²) in [5.74, 6) is 2.49. The summed E-state index contributed by atoms with van der Waals surface area (Å²) >= 11 is 0. The highest BCUT2D eigenvalue weighted by atomic mass is 15.2. The van der Waals surface area contributed by atoms with Crippen LogP contribution in [0.4, 0.5) is 5.82 Å². The fourth-order valence-electron chi connectivity index (χ4n) is 1.94. The molecule has 1 aliphatic rings. The lowest BCUT2D eigenvalue weighted by molar-refractivity contribution is 0.757. The van der Waals surface area contributed by atoms with Gasteiger partial charge in [-0.25, -0.2) is 9.97 Å². The molecule has 0 amide bonds. The Balaban J connectivity index is 0.000000686. The summed E-state index contributed by atoms with van der Waals surface area (Å²) in [6, 6.07) is 2.09. The molecule has 1 saturated heterocycles. The van der Waals surface area contributed by atoms with Crippen LogP contribution < -0.4 is 10.6 Å². The van der Waals surface area contributed by atoms with Crippen molar-refractivity contribution in [2.24, 2.45) is 5.73 Å². The molecule has 1 fully saturated rings. The fraction of sp³-hybridized carbons (Fsp3) is 0.692. The van der Waals surface area contributed by atoms with Crippen LogP contribution in [0.25, 0.3) is 0 Å². The minimum atomic E-state index is 0.409. The van der Waals surface area contributed by atoms with Gasteiger partial charge in [0.25, 0.3) is 0 Å². The fourth-order valence-corrected chi connectivity index (χ4v) is 1.94.